The Morgan fingerprint density at radius 3 is 2.87 bits per heavy atom. The average molecular weight is 209 g/mol. The van der Waals surface area contributed by atoms with E-state index in [2.05, 4.69) is 15.0 Å². The van der Waals surface area contributed by atoms with E-state index >= 15 is 0 Å². The molecule has 5 heteroatoms. The molecule has 2 aromatic heterocycles. The Kier molecular flexibility index (Phi) is 1.60. The second-order valence-electron chi connectivity index (χ2n) is 3.96. The van der Waals surface area contributed by atoms with Gasteiger partial charge in [0, 0.05) is 25.0 Å². The summed E-state index contributed by atoms with van der Waals surface area (Å²) in [4.78, 5) is 11.3. The van der Waals surface area contributed by atoms with Crippen molar-refractivity contribution in [1.82, 2.24) is 15.0 Å². The molecule has 1 saturated carbocycles. The molecule has 0 aromatic carbocycles. The van der Waals surface area contributed by atoms with E-state index in [1.165, 1.54) is 0 Å². The van der Waals surface area contributed by atoms with Crippen LogP contribution in [-0.2, 0) is 0 Å². The van der Waals surface area contributed by atoms with Crippen molar-refractivity contribution < 1.29 is 8.78 Å². The van der Waals surface area contributed by atoms with Gasteiger partial charge in [0.15, 0.2) is 5.65 Å². The molecule has 1 aliphatic carbocycles. The van der Waals surface area contributed by atoms with Crippen molar-refractivity contribution in [2.45, 2.75) is 24.7 Å². The van der Waals surface area contributed by atoms with Gasteiger partial charge in [0.05, 0.1) is 5.52 Å². The molecule has 0 radical (unpaired) electrons. The Balaban J connectivity index is 1.93. The van der Waals surface area contributed by atoms with E-state index < -0.39 is 5.92 Å². The number of nitrogens with zero attached hydrogens (tertiary/aromatic N) is 2. The van der Waals surface area contributed by atoms with Crippen LogP contribution >= 0.6 is 0 Å². The van der Waals surface area contributed by atoms with Gasteiger partial charge in [0.2, 0.25) is 5.92 Å². The summed E-state index contributed by atoms with van der Waals surface area (Å²) < 4.78 is 25.3. The number of rotatable bonds is 1. The highest BCUT2D eigenvalue weighted by molar-refractivity contribution is 5.70. The number of alkyl halides is 2. The minimum Gasteiger partial charge on any atom is -0.340 e. The SMILES string of the molecule is FC1(F)CC(c2nc3ncccc3[nH]2)C1. The van der Waals surface area contributed by atoms with Crippen LogP contribution in [0.3, 0.4) is 0 Å². The molecule has 3 rings (SSSR count). The van der Waals surface area contributed by atoms with E-state index in [4.69, 9.17) is 0 Å². The van der Waals surface area contributed by atoms with E-state index in [1.807, 2.05) is 6.07 Å². The van der Waals surface area contributed by atoms with Crippen LogP contribution in [-0.4, -0.2) is 20.9 Å². The van der Waals surface area contributed by atoms with Crippen molar-refractivity contribution >= 4 is 11.2 Å². The zero-order valence-electron chi connectivity index (χ0n) is 7.87. The summed E-state index contributed by atoms with van der Waals surface area (Å²) in [7, 11) is 0. The molecule has 1 N–H and O–H groups in total. The summed E-state index contributed by atoms with van der Waals surface area (Å²) in [5.74, 6) is -2.01. The molecule has 0 saturated heterocycles. The molecular weight excluding hydrogens is 200 g/mol. The first-order chi connectivity index (χ1) is 7.14. The molecule has 3 nitrogen and oxygen atoms in total. The van der Waals surface area contributed by atoms with Gasteiger partial charge in [-0.3, -0.25) is 0 Å². The fraction of sp³-hybridized carbons (Fsp3) is 0.400. The molecule has 0 unspecified atom stereocenters. The zero-order valence-corrected chi connectivity index (χ0v) is 7.87. The average Bonchev–Trinajstić information content (AvgIpc) is 2.56. The lowest BCUT2D eigenvalue weighted by Gasteiger charge is -2.33. The van der Waals surface area contributed by atoms with Crippen molar-refractivity contribution in [1.29, 1.82) is 0 Å². The predicted molar refractivity (Wildman–Crippen MR) is 50.8 cm³/mol. The summed E-state index contributed by atoms with van der Waals surface area (Å²) in [6.07, 6.45) is 1.43. The Morgan fingerprint density at radius 2 is 2.20 bits per heavy atom. The van der Waals surface area contributed by atoms with E-state index in [0.717, 1.165) is 5.52 Å². The van der Waals surface area contributed by atoms with E-state index in [9.17, 15) is 8.78 Å². The maximum atomic E-state index is 12.7. The highest BCUT2D eigenvalue weighted by Gasteiger charge is 2.47. The monoisotopic (exact) mass is 209 g/mol. The largest absolute Gasteiger partial charge is 0.340 e. The predicted octanol–water partition coefficient (Wildman–Crippen LogP) is 2.47. The van der Waals surface area contributed by atoms with Gasteiger partial charge in [0.25, 0.3) is 0 Å². The fourth-order valence-electron chi connectivity index (χ4n) is 1.91. The number of imidazole rings is 1. The van der Waals surface area contributed by atoms with Crippen molar-refractivity contribution in [3.8, 4) is 0 Å². The van der Waals surface area contributed by atoms with Crippen LogP contribution in [0.2, 0.25) is 0 Å². The van der Waals surface area contributed by atoms with Crippen molar-refractivity contribution in [3.05, 3.63) is 24.2 Å². The third-order valence-electron chi connectivity index (χ3n) is 2.75. The molecule has 2 aromatic rings. The molecule has 0 spiro atoms. The van der Waals surface area contributed by atoms with E-state index in [1.54, 1.807) is 12.3 Å². The maximum Gasteiger partial charge on any atom is 0.249 e. The molecule has 2 heterocycles. The summed E-state index contributed by atoms with van der Waals surface area (Å²) >= 11 is 0. The summed E-state index contributed by atoms with van der Waals surface area (Å²) in [6, 6.07) is 3.63. The molecule has 0 amide bonds. The van der Waals surface area contributed by atoms with Crippen LogP contribution in [0.1, 0.15) is 24.6 Å². The standard InChI is InChI=1S/C10H9F2N3/c11-10(12)4-6(5-10)8-14-7-2-1-3-13-9(7)15-8/h1-3,6H,4-5H2,(H,13,14,15). The summed E-state index contributed by atoms with van der Waals surface area (Å²) in [6.45, 7) is 0. The van der Waals surface area contributed by atoms with Gasteiger partial charge in [0.1, 0.15) is 5.82 Å². The molecule has 15 heavy (non-hydrogen) atoms. The number of halogens is 2. The summed E-state index contributed by atoms with van der Waals surface area (Å²) in [5.41, 5.74) is 1.41. The van der Waals surface area contributed by atoms with Gasteiger partial charge in [-0.2, -0.15) is 0 Å². The third kappa shape index (κ3) is 1.38. The molecule has 1 aliphatic rings. The van der Waals surface area contributed by atoms with Crippen molar-refractivity contribution in [2.75, 3.05) is 0 Å². The smallest absolute Gasteiger partial charge is 0.249 e. The molecule has 78 valence electrons. The minimum absolute atomic E-state index is 0.104. The van der Waals surface area contributed by atoms with Crippen LogP contribution in [0, 0.1) is 0 Å². The lowest BCUT2D eigenvalue weighted by Crippen LogP contribution is -2.34. The lowest BCUT2D eigenvalue weighted by molar-refractivity contribution is -0.0883. The van der Waals surface area contributed by atoms with Crippen molar-refractivity contribution in [2.24, 2.45) is 0 Å². The van der Waals surface area contributed by atoms with Crippen LogP contribution in [0.25, 0.3) is 11.2 Å². The minimum atomic E-state index is -2.50. The van der Waals surface area contributed by atoms with Crippen molar-refractivity contribution in [3.63, 3.8) is 0 Å². The van der Waals surface area contributed by atoms with Gasteiger partial charge in [-0.25, -0.2) is 18.7 Å². The Bertz CT molecular complexity index is 465. The Labute approximate surface area is 84.5 Å². The Hall–Kier alpha value is -1.52. The number of nitrogens with one attached hydrogen (secondary N) is 1. The number of pyridine rings is 1. The Morgan fingerprint density at radius 1 is 1.40 bits per heavy atom. The number of aromatic amines is 1. The molecule has 0 bridgehead atoms. The second-order valence-corrected chi connectivity index (χ2v) is 3.96. The van der Waals surface area contributed by atoms with E-state index in [0.29, 0.717) is 11.5 Å². The van der Waals surface area contributed by atoms with Gasteiger partial charge in [-0.1, -0.05) is 0 Å². The van der Waals surface area contributed by atoms with Gasteiger partial charge >= 0.3 is 0 Å². The normalized spacial score (nSPS) is 20.4. The topological polar surface area (TPSA) is 41.6 Å². The summed E-state index contributed by atoms with van der Waals surface area (Å²) in [5, 5.41) is 0. The number of hydrogen-bond acceptors (Lipinski definition) is 2. The molecular formula is C10H9F2N3. The first kappa shape index (κ1) is 8.76. The lowest BCUT2D eigenvalue weighted by atomic mass is 9.81. The number of fused-ring (bicyclic) bond motifs is 1. The van der Waals surface area contributed by atoms with Crippen LogP contribution in [0.5, 0.6) is 0 Å². The number of hydrogen-bond donors (Lipinski definition) is 1. The van der Waals surface area contributed by atoms with Crippen LogP contribution in [0.15, 0.2) is 18.3 Å². The molecule has 0 atom stereocenters. The highest BCUT2D eigenvalue weighted by atomic mass is 19.3. The molecule has 0 aliphatic heterocycles. The zero-order chi connectivity index (χ0) is 10.5. The van der Waals surface area contributed by atoms with Gasteiger partial charge < -0.3 is 4.98 Å². The number of H-pyrrole nitrogens is 1. The molecule has 1 fully saturated rings. The quantitative estimate of drug-likeness (QED) is 0.783. The highest BCUT2D eigenvalue weighted by Crippen LogP contribution is 2.47. The fourth-order valence-corrected chi connectivity index (χ4v) is 1.91. The maximum absolute atomic E-state index is 12.7. The van der Waals surface area contributed by atoms with Crippen LogP contribution < -0.4 is 0 Å². The first-order valence-corrected chi connectivity index (χ1v) is 4.82. The third-order valence-corrected chi connectivity index (χ3v) is 2.75. The number of aromatic nitrogens is 3. The first-order valence-electron chi connectivity index (χ1n) is 4.82. The second kappa shape index (κ2) is 2.74. The van der Waals surface area contributed by atoms with Crippen LogP contribution in [0.4, 0.5) is 8.78 Å². The van der Waals surface area contributed by atoms with E-state index in [-0.39, 0.29) is 18.8 Å². The van der Waals surface area contributed by atoms with Gasteiger partial charge in [-0.15, -0.1) is 0 Å². The van der Waals surface area contributed by atoms with Gasteiger partial charge in [-0.05, 0) is 12.1 Å².